The van der Waals surface area contributed by atoms with E-state index in [0.29, 0.717) is 30.6 Å². The van der Waals surface area contributed by atoms with E-state index in [9.17, 15) is 9.59 Å². The van der Waals surface area contributed by atoms with Crippen molar-refractivity contribution in [2.24, 2.45) is 5.92 Å². The van der Waals surface area contributed by atoms with Crippen molar-refractivity contribution < 1.29 is 9.59 Å². The highest BCUT2D eigenvalue weighted by atomic mass is 79.9. The third kappa shape index (κ3) is 2.55. The molecule has 2 aliphatic rings. The molecule has 1 atom stereocenters. The molecule has 108 valence electrons. The van der Waals surface area contributed by atoms with Gasteiger partial charge in [0.25, 0.3) is 5.91 Å². The van der Waals surface area contributed by atoms with E-state index in [-0.39, 0.29) is 11.8 Å². The molecule has 2 heterocycles. The third-order valence-corrected chi connectivity index (χ3v) is 4.56. The average molecular weight is 339 g/mol. The number of carbonyl (C=O) groups is 2. The summed E-state index contributed by atoms with van der Waals surface area (Å²) in [5.74, 6) is 0.184. The van der Waals surface area contributed by atoms with Crippen LogP contribution in [0.5, 0.6) is 0 Å². The molecule has 1 saturated heterocycles. The molecule has 1 aliphatic heterocycles. The van der Waals surface area contributed by atoms with Crippen LogP contribution < -0.4 is 0 Å². The molecular weight excluding hydrogens is 320 g/mol. The topological polar surface area (TPSA) is 42.3 Å². The fourth-order valence-corrected chi connectivity index (χ4v) is 3.43. The van der Waals surface area contributed by atoms with Crippen LogP contribution in [0.1, 0.15) is 55.6 Å². The fraction of sp³-hybridized carbons (Fsp3) is 0.600. The van der Waals surface area contributed by atoms with Crippen molar-refractivity contribution >= 4 is 27.7 Å². The first-order valence-corrected chi connectivity index (χ1v) is 8.11. The standard InChI is InChI=1S/C15H19BrN2O2/c1-2-3-10-6-14(19)18(8-10)15(20)13-7-11(16)9-17(13)12-4-5-12/h7,9-10,12H,2-6,8H2,1H3. The number of rotatable bonds is 4. The fourth-order valence-electron chi connectivity index (χ4n) is 2.99. The van der Waals surface area contributed by atoms with Crippen LogP contribution in [0.15, 0.2) is 16.7 Å². The Morgan fingerprint density at radius 2 is 2.20 bits per heavy atom. The Hall–Kier alpha value is -1.10. The maximum atomic E-state index is 12.6. The molecule has 1 aromatic rings. The number of hydrogen-bond donors (Lipinski definition) is 0. The molecule has 3 rings (SSSR count). The summed E-state index contributed by atoms with van der Waals surface area (Å²) >= 11 is 3.43. The largest absolute Gasteiger partial charge is 0.339 e. The number of carbonyl (C=O) groups excluding carboxylic acids is 2. The van der Waals surface area contributed by atoms with Crippen LogP contribution >= 0.6 is 15.9 Å². The van der Waals surface area contributed by atoms with Crippen LogP contribution in [0.25, 0.3) is 0 Å². The van der Waals surface area contributed by atoms with Crippen molar-refractivity contribution in [1.82, 2.24) is 9.47 Å². The molecule has 2 fully saturated rings. The maximum absolute atomic E-state index is 12.6. The van der Waals surface area contributed by atoms with E-state index >= 15 is 0 Å². The smallest absolute Gasteiger partial charge is 0.277 e. The highest BCUT2D eigenvalue weighted by Gasteiger charge is 2.36. The van der Waals surface area contributed by atoms with E-state index in [0.717, 1.165) is 30.2 Å². The monoisotopic (exact) mass is 338 g/mol. The normalized spacial score (nSPS) is 22.6. The summed E-state index contributed by atoms with van der Waals surface area (Å²) in [4.78, 5) is 26.1. The summed E-state index contributed by atoms with van der Waals surface area (Å²) in [6.07, 6.45) is 6.79. The molecule has 0 aromatic carbocycles. The second-order valence-electron chi connectivity index (χ2n) is 5.85. The lowest BCUT2D eigenvalue weighted by Gasteiger charge is -2.16. The SMILES string of the molecule is CCCC1CC(=O)N(C(=O)c2cc(Br)cn2C2CC2)C1. The van der Waals surface area contributed by atoms with Gasteiger partial charge >= 0.3 is 0 Å². The zero-order chi connectivity index (χ0) is 14.3. The lowest BCUT2D eigenvalue weighted by atomic mass is 10.0. The molecule has 20 heavy (non-hydrogen) atoms. The number of likely N-dealkylation sites (tertiary alicyclic amines) is 1. The van der Waals surface area contributed by atoms with Gasteiger partial charge in [-0.2, -0.15) is 0 Å². The van der Waals surface area contributed by atoms with Crippen molar-refractivity contribution in [3.63, 3.8) is 0 Å². The number of nitrogens with zero attached hydrogens (tertiary/aromatic N) is 2. The van der Waals surface area contributed by atoms with Crippen LogP contribution in [0.4, 0.5) is 0 Å². The molecule has 2 amide bonds. The minimum atomic E-state index is -0.133. The summed E-state index contributed by atoms with van der Waals surface area (Å²) < 4.78 is 2.93. The number of hydrogen-bond acceptors (Lipinski definition) is 2. The predicted octanol–water partition coefficient (Wildman–Crippen LogP) is 3.37. The van der Waals surface area contributed by atoms with E-state index in [1.807, 2.05) is 16.8 Å². The molecular formula is C15H19BrN2O2. The van der Waals surface area contributed by atoms with E-state index in [1.165, 1.54) is 4.90 Å². The Morgan fingerprint density at radius 1 is 1.45 bits per heavy atom. The first-order valence-electron chi connectivity index (χ1n) is 7.32. The van der Waals surface area contributed by atoms with Crippen molar-refractivity contribution in [1.29, 1.82) is 0 Å². The second kappa shape index (κ2) is 5.35. The lowest BCUT2D eigenvalue weighted by molar-refractivity contribution is -0.125. The van der Waals surface area contributed by atoms with Gasteiger partial charge in [-0.15, -0.1) is 0 Å². The minimum absolute atomic E-state index is 0.0203. The summed E-state index contributed by atoms with van der Waals surface area (Å²) in [5, 5.41) is 0. The first kappa shape index (κ1) is 13.9. The Morgan fingerprint density at radius 3 is 2.85 bits per heavy atom. The second-order valence-corrected chi connectivity index (χ2v) is 6.77. The molecule has 4 nitrogen and oxygen atoms in total. The Kier molecular flexibility index (Phi) is 3.71. The van der Waals surface area contributed by atoms with Crippen molar-refractivity contribution in [2.75, 3.05) is 6.54 Å². The minimum Gasteiger partial charge on any atom is -0.339 e. The number of aromatic nitrogens is 1. The van der Waals surface area contributed by atoms with E-state index in [2.05, 4.69) is 22.9 Å². The molecule has 1 aliphatic carbocycles. The molecule has 0 N–H and O–H groups in total. The van der Waals surface area contributed by atoms with Gasteiger partial charge in [-0.25, -0.2) is 0 Å². The molecule has 1 aromatic heterocycles. The lowest BCUT2D eigenvalue weighted by Crippen LogP contribution is -2.33. The summed E-state index contributed by atoms with van der Waals surface area (Å²) in [7, 11) is 0. The van der Waals surface area contributed by atoms with E-state index in [4.69, 9.17) is 0 Å². The quantitative estimate of drug-likeness (QED) is 0.790. The first-order chi connectivity index (χ1) is 9.60. The van der Waals surface area contributed by atoms with Gasteiger partial charge in [-0.05, 0) is 47.2 Å². The van der Waals surface area contributed by atoms with Crippen LogP contribution in [0.3, 0.4) is 0 Å². The van der Waals surface area contributed by atoms with Crippen molar-refractivity contribution in [3.8, 4) is 0 Å². The number of amides is 2. The van der Waals surface area contributed by atoms with E-state index in [1.54, 1.807) is 0 Å². The molecule has 1 saturated carbocycles. The van der Waals surface area contributed by atoms with Crippen LogP contribution in [-0.4, -0.2) is 27.8 Å². The van der Waals surface area contributed by atoms with Crippen molar-refractivity contribution in [3.05, 3.63) is 22.4 Å². The van der Waals surface area contributed by atoms with Gasteiger partial charge in [0.05, 0.1) is 0 Å². The molecule has 5 heteroatoms. The van der Waals surface area contributed by atoms with Gasteiger partial charge in [0.1, 0.15) is 5.69 Å². The van der Waals surface area contributed by atoms with Gasteiger partial charge in [-0.3, -0.25) is 14.5 Å². The third-order valence-electron chi connectivity index (χ3n) is 4.12. The summed E-state index contributed by atoms with van der Waals surface area (Å²) in [6.45, 7) is 2.70. The Labute approximate surface area is 127 Å². The maximum Gasteiger partial charge on any atom is 0.277 e. The highest BCUT2D eigenvalue weighted by Crippen LogP contribution is 2.38. The Balaban J connectivity index is 1.80. The molecule has 0 radical (unpaired) electrons. The zero-order valence-electron chi connectivity index (χ0n) is 11.6. The molecule has 1 unspecified atom stereocenters. The van der Waals surface area contributed by atoms with Gasteiger partial charge in [0.15, 0.2) is 0 Å². The van der Waals surface area contributed by atoms with Crippen molar-refractivity contribution in [2.45, 2.75) is 45.1 Å². The molecule has 0 bridgehead atoms. The highest BCUT2D eigenvalue weighted by molar-refractivity contribution is 9.10. The Bertz CT molecular complexity index is 548. The van der Waals surface area contributed by atoms with Gasteiger partial charge < -0.3 is 4.57 Å². The van der Waals surface area contributed by atoms with Gasteiger partial charge in [-0.1, -0.05) is 13.3 Å². The summed E-state index contributed by atoms with van der Waals surface area (Å²) in [5.41, 5.74) is 0.643. The van der Waals surface area contributed by atoms with Gasteiger partial charge in [0.2, 0.25) is 5.91 Å². The van der Waals surface area contributed by atoms with Crippen LogP contribution in [0.2, 0.25) is 0 Å². The van der Waals surface area contributed by atoms with Crippen LogP contribution in [-0.2, 0) is 4.79 Å². The number of halogens is 1. The van der Waals surface area contributed by atoms with Crippen LogP contribution in [0, 0.1) is 5.92 Å². The summed E-state index contributed by atoms with van der Waals surface area (Å²) in [6, 6.07) is 2.27. The van der Waals surface area contributed by atoms with Gasteiger partial charge in [0, 0.05) is 29.7 Å². The van der Waals surface area contributed by atoms with E-state index < -0.39 is 0 Å². The number of imide groups is 1. The zero-order valence-corrected chi connectivity index (χ0v) is 13.2. The predicted molar refractivity (Wildman–Crippen MR) is 79.5 cm³/mol. The average Bonchev–Trinajstić information content (AvgIpc) is 3.08. The molecule has 0 spiro atoms.